The van der Waals surface area contributed by atoms with Gasteiger partial charge >= 0.3 is 0 Å². The molecule has 26 heavy (non-hydrogen) atoms. The molecule has 3 aromatic rings. The summed E-state index contributed by atoms with van der Waals surface area (Å²) in [6.45, 7) is 0. The summed E-state index contributed by atoms with van der Waals surface area (Å²) in [5, 5.41) is 11.2. The van der Waals surface area contributed by atoms with Gasteiger partial charge in [-0.05, 0) is 35.4 Å². The van der Waals surface area contributed by atoms with Crippen LogP contribution in [0.1, 0.15) is 10.4 Å². The van der Waals surface area contributed by atoms with E-state index in [2.05, 4.69) is 5.32 Å². The molecule has 2 heterocycles. The van der Waals surface area contributed by atoms with Gasteiger partial charge < -0.3 is 5.32 Å². The Bertz CT molecular complexity index is 1000. The molecular weight excluding hydrogens is 349 g/mol. The molecule has 1 aromatic heterocycles. The van der Waals surface area contributed by atoms with Gasteiger partial charge in [0.2, 0.25) is 0 Å². The molecule has 4 nitrogen and oxygen atoms in total. The van der Waals surface area contributed by atoms with Crippen molar-refractivity contribution < 1.29 is 9.18 Å². The number of hydrogen-bond donors (Lipinski definition) is 2. The van der Waals surface area contributed by atoms with Gasteiger partial charge in [-0.2, -0.15) is 0 Å². The second kappa shape index (κ2) is 6.07. The third-order valence-electron chi connectivity index (χ3n) is 4.56. The van der Waals surface area contributed by atoms with Gasteiger partial charge in [0.15, 0.2) is 11.5 Å². The van der Waals surface area contributed by atoms with Crippen molar-refractivity contribution in [3.05, 3.63) is 83.0 Å². The molecule has 130 valence electrons. The molecule has 2 N–H and O–H groups in total. The molecule has 1 unspecified atom stereocenters. The highest BCUT2D eigenvalue weighted by molar-refractivity contribution is 7.15. The monoisotopic (exact) mass is 365 g/mol. The average Bonchev–Trinajstić information content (AvgIpc) is 3.23. The first kappa shape index (κ1) is 16.5. The maximum Gasteiger partial charge on any atom is 0.265 e. The fourth-order valence-corrected chi connectivity index (χ4v) is 4.36. The largest absolute Gasteiger partial charge is 0.334 e. The molecule has 1 aliphatic heterocycles. The summed E-state index contributed by atoms with van der Waals surface area (Å²) in [4.78, 5) is 16.1. The van der Waals surface area contributed by atoms with Crippen LogP contribution in [-0.2, 0) is 10.3 Å². The summed E-state index contributed by atoms with van der Waals surface area (Å²) < 4.78 is 13.6. The predicted molar refractivity (Wildman–Crippen MR) is 101 cm³/mol. The molecule has 4 rings (SSSR count). The van der Waals surface area contributed by atoms with Crippen LogP contribution >= 0.6 is 11.3 Å². The minimum Gasteiger partial charge on any atom is -0.334 e. The molecule has 1 amide bonds. The van der Waals surface area contributed by atoms with Crippen molar-refractivity contribution in [2.75, 3.05) is 7.05 Å². The summed E-state index contributed by atoms with van der Waals surface area (Å²) >= 11 is 1.42. The molecule has 1 fully saturated rings. The van der Waals surface area contributed by atoms with Crippen LogP contribution in [0.4, 0.5) is 4.39 Å². The van der Waals surface area contributed by atoms with Gasteiger partial charge in [-0.15, -0.1) is 11.3 Å². The summed E-state index contributed by atoms with van der Waals surface area (Å²) in [5.74, 6) is -0.451. The normalized spacial score (nSPS) is 19.7. The molecule has 1 aliphatic rings. The fourth-order valence-electron chi connectivity index (χ4n) is 3.20. The lowest BCUT2D eigenvalue weighted by molar-refractivity contribution is -0.129. The van der Waals surface area contributed by atoms with Gasteiger partial charge in [0.25, 0.3) is 5.91 Å². The zero-order valence-corrected chi connectivity index (χ0v) is 14.8. The lowest BCUT2D eigenvalue weighted by Gasteiger charge is -2.26. The summed E-state index contributed by atoms with van der Waals surface area (Å²) in [7, 11) is 1.59. The minimum absolute atomic E-state index is 0.0551. The zero-order valence-electron chi connectivity index (χ0n) is 14.0. The topological polar surface area (TPSA) is 56.2 Å². The molecule has 0 bridgehead atoms. The molecule has 0 radical (unpaired) electrons. The Morgan fingerprint density at radius 3 is 2.50 bits per heavy atom. The predicted octanol–water partition coefficient (Wildman–Crippen LogP) is 3.79. The number of carbonyl (C=O) groups is 1. The van der Waals surface area contributed by atoms with Gasteiger partial charge in [-0.25, -0.2) is 4.39 Å². The van der Waals surface area contributed by atoms with E-state index in [1.54, 1.807) is 13.1 Å². The van der Waals surface area contributed by atoms with E-state index >= 15 is 0 Å². The first-order valence-electron chi connectivity index (χ1n) is 8.09. The third kappa shape index (κ3) is 2.42. The lowest BCUT2D eigenvalue weighted by atomic mass is 9.88. The number of nitrogens with zero attached hydrogens (tertiary/aromatic N) is 1. The van der Waals surface area contributed by atoms with E-state index in [4.69, 9.17) is 5.41 Å². The highest BCUT2D eigenvalue weighted by atomic mass is 32.1. The zero-order chi connectivity index (χ0) is 18.3. The Morgan fingerprint density at radius 1 is 1.08 bits per heavy atom. The molecule has 0 saturated carbocycles. The molecule has 6 heteroatoms. The number of benzene rings is 2. The molecule has 1 atom stereocenters. The van der Waals surface area contributed by atoms with Crippen LogP contribution in [0.5, 0.6) is 0 Å². The lowest BCUT2D eigenvalue weighted by Crippen LogP contribution is -2.44. The van der Waals surface area contributed by atoms with E-state index in [1.807, 2.05) is 48.5 Å². The van der Waals surface area contributed by atoms with Crippen molar-refractivity contribution in [1.29, 1.82) is 5.41 Å². The molecule has 1 saturated heterocycles. The van der Waals surface area contributed by atoms with Gasteiger partial charge in [0.05, 0.1) is 0 Å². The maximum absolute atomic E-state index is 13.6. The maximum atomic E-state index is 13.6. The van der Waals surface area contributed by atoms with Crippen LogP contribution in [0, 0.1) is 11.2 Å². The van der Waals surface area contributed by atoms with Crippen molar-refractivity contribution in [2.24, 2.45) is 0 Å². The average molecular weight is 365 g/mol. The molecular formula is C20H16FN3OS. The van der Waals surface area contributed by atoms with Crippen molar-refractivity contribution in [3.8, 4) is 10.4 Å². The standard InChI is InChI=1S/C20H16FN3OS/c1-24-18(25)20(23-19(24)22,14-7-3-2-4-8-14)17-11-10-16(26-17)13-6-5-9-15(21)12-13/h2-12H,1H3,(H2,22,23). The van der Waals surface area contributed by atoms with Gasteiger partial charge in [-0.3, -0.25) is 15.1 Å². The van der Waals surface area contributed by atoms with Crippen molar-refractivity contribution >= 4 is 23.2 Å². The van der Waals surface area contributed by atoms with E-state index in [0.717, 1.165) is 20.9 Å². The van der Waals surface area contributed by atoms with Crippen LogP contribution in [0.15, 0.2) is 66.7 Å². The second-order valence-electron chi connectivity index (χ2n) is 6.13. The van der Waals surface area contributed by atoms with E-state index < -0.39 is 5.54 Å². The summed E-state index contributed by atoms with van der Waals surface area (Å²) in [6, 6.07) is 19.5. The SMILES string of the molecule is CN1C(=N)NC(c2ccccc2)(c2ccc(-c3cccc(F)c3)s2)C1=O. The Morgan fingerprint density at radius 2 is 1.85 bits per heavy atom. The van der Waals surface area contributed by atoms with Crippen LogP contribution in [0.25, 0.3) is 10.4 Å². The third-order valence-corrected chi connectivity index (χ3v) is 5.81. The van der Waals surface area contributed by atoms with Crippen LogP contribution in [-0.4, -0.2) is 23.8 Å². The first-order valence-corrected chi connectivity index (χ1v) is 8.91. The summed E-state index contributed by atoms with van der Waals surface area (Å²) in [6.07, 6.45) is 0. The number of rotatable bonds is 3. The van der Waals surface area contributed by atoms with E-state index in [9.17, 15) is 9.18 Å². The Kier molecular flexibility index (Phi) is 3.85. The van der Waals surface area contributed by atoms with Crippen molar-refractivity contribution in [3.63, 3.8) is 0 Å². The number of guanidine groups is 1. The van der Waals surface area contributed by atoms with E-state index in [0.29, 0.717) is 0 Å². The number of hydrogen-bond acceptors (Lipinski definition) is 3. The first-order chi connectivity index (χ1) is 12.5. The van der Waals surface area contributed by atoms with Crippen molar-refractivity contribution in [2.45, 2.75) is 5.54 Å². The summed E-state index contributed by atoms with van der Waals surface area (Å²) in [5.41, 5.74) is 0.397. The number of carbonyl (C=O) groups excluding carboxylic acids is 1. The van der Waals surface area contributed by atoms with Crippen LogP contribution < -0.4 is 5.32 Å². The van der Waals surface area contributed by atoms with Gasteiger partial charge in [0, 0.05) is 16.8 Å². The molecule has 0 aliphatic carbocycles. The number of likely N-dealkylation sites (N-methyl/N-ethyl adjacent to an activating group) is 1. The van der Waals surface area contributed by atoms with Gasteiger partial charge in [0.1, 0.15) is 5.82 Å². The Balaban J connectivity index is 1.87. The molecule has 0 spiro atoms. The number of thiophene rings is 1. The fraction of sp³-hybridized carbons (Fsp3) is 0.100. The second-order valence-corrected chi connectivity index (χ2v) is 7.21. The number of amides is 1. The smallest absolute Gasteiger partial charge is 0.265 e. The highest BCUT2D eigenvalue weighted by Gasteiger charge is 2.51. The van der Waals surface area contributed by atoms with Crippen LogP contribution in [0.3, 0.4) is 0 Å². The Labute approximate surface area is 154 Å². The minimum atomic E-state index is -1.14. The van der Waals surface area contributed by atoms with E-state index in [-0.39, 0.29) is 17.7 Å². The van der Waals surface area contributed by atoms with E-state index in [1.165, 1.54) is 28.4 Å². The van der Waals surface area contributed by atoms with Crippen molar-refractivity contribution in [1.82, 2.24) is 10.2 Å². The van der Waals surface area contributed by atoms with Crippen LogP contribution in [0.2, 0.25) is 0 Å². The Hall–Kier alpha value is -2.99. The number of halogens is 1. The number of nitrogens with one attached hydrogen (secondary N) is 2. The highest BCUT2D eigenvalue weighted by Crippen LogP contribution is 2.41. The molecule has 2 aromatic carbocycles. The van der Waals surface area contributed by atoms with Gasteiger partial charge in [-0.1, -0.05) is 42.5 Å². The quantitative estimate of drug-likeness (QED) is 0.742.